The number of H-pyrrole nitrogens is 1. The van der Waals surface area contributed by atoms with Crippen LogP contribution in [0.3, 0.4) is 0 Å². The minimum Gasteiger partial charge on any atom is -0.361 e. The van der Waals surface area contributed by atoms with Crippen molar-refractivity contribution in [3.05, 3.63) is 54.5 Å². The van der Waals surface area contributed by atoms with Crippen LogP contribution in [0.2, 0.25) is 0 Å². The van der Waals surface area contributed by atoms with Crippen LogP contribution in [0.15, 0.2) is 48.9 Å². The van der Waals surface area contributed by atoms with Gasteiger partial charge in [0, 0.05) is 43.8 Å². The Balaban J connectivity index is 1.13. The molecular formula is C18H19N7. The average molecular weight is 333 g/mol. The maximum atomic E-state index is 4.54. The number of fused-ring (bicyclic) bond motifs is 2. The van der Waals surface area contributed by atoms with E-state index in [0.717, 1.165) is 37.6 Å². The molecule has 0 bridgehead atoms. The highest BCUT2D eigenvalue weighted by atomic mass is 15.4. The lowest BCUT2D eigenvalue weighted by molar-refractivity contribution is 0.381. The second kappa shape index (κ2) is 5.86. The Kier molecular flexibility index (Phi) is 3.38. The molecule has 25 heavy (non-hydrogen) atoms. The number of rotatable bonds is 5. The monoisotopic (exact) mass is 333 g/mol. The predicted molar refractivity (Wildman–Crippen MR) is 96.5 cm³/mol. The van der Waals surface area contributed by atoms with E-state index < -0.39 is 0 Å². The zero-order valence-corrected chi connectivity index (χ0v) is 13.8. The maximum absolute atomic E-state index is 4.54. The average Bonchev–Trinajstić information content (AvgIpc) is 3.24. The van der Waals surface area contributed by atoms with Crippen LogP contribution in [0.4, 0.5) is 5.82 Å². The summed E-state index contributed by atoms with van der Waals surface area (Å²) >= 11 is 0. The molecule has 2 N–H and O–H groups in total. The van der Waals surface area contributed by atoms with E-state index in [4.69, 9.17) is 0 Å². The van der Waals surface area contributed by atoms with Crippen LogP contribution in [0, 0.1) is 5.92 Å². The fourth-order valence-corrected chi connectivity index (χ4v) is 3.41. The third-order valence-corrected chi connectivity index (χ3v) is 4.81. The summed E-state index contributed by atoms with van der Waals surface area (Å²) in [5, 5.41) is 17.2. The molecule has 7 nitrogen and oxygen atoms in total. The lowest BCUT2D eigenvalue weighted by atomic mass is 10.00. The van der Waals surface area contributed by atoms with Crippen molar-refractivity contribution in [3.8, 4) is 0 Å². The number of nitrogens with one attached hydrogen (secondary N) is 2. The third-order valence-electron chi connectivity index (χ3n) is 4.81. The van der Waals surface area contributed by atoms with Gasteiger partial charge in [-0.05, 0) is 41.3 Å². The van der Waals surface area contributed by atoms with Crippen LogP contribution < -0.4 is 10.2 Å². The highest BCUT2D eigenvalue weighted by Gasteiger charge is 2.27. The van der Waals surface area contributed by atoms with Crippen molar-refractivity contribution in [3.63, 3.8) is 0 Å². The van der Waals surface area contributed by atoms with Gasteiger partial charge >= 0.3 is 0 Å². The largest absolute Gasteiger partial charge is 0.361 e. The van der Waals surface area contributed by atoms with Gasteiger partial charge in [-0.25, -0.2) is 0 Å². The molecule has 4 heterocycles. The molecule has 0 spiro atoms. The molecule has 1 aliphatic heterocycles. The molecule has 4 aromatic rings. The van der Waals surface area contributed by atoms with Crippen LogP contribution in [0.25, 0.3) is 16.6 Å². The Morgan fingerprint density at radius 3 is 3.08 bits per heavy atom. The summed E-state index contributed by atoms with van der Waals surface area (Å²) in [7, 11) is 0. The van der Waals surface area contributed by atoms with Gasteiger partial charge in [-0.15, -0.1) is 15.3 Å². The molecule has 0 saturated carbocycles. The lowest BCUT2D eigenvalue weighted by Crippen LogP contribution is -2.51. The molecule has 0 atom stereocenters. The zero-order valence-electron chi connectivity index (χ0n) is 13.8. The molecule has 7 heteroatoms. The van der Waals surface area contributed by atoms with E-state index in [1.807, 2.05) is 18.3 Å². The smallest absolute Gasteiger partial charge is 0.177 e. The van der Waals surface area contributed by atoms with E-state index >= 15 is 0 Å². The first-order chi connectivity index (χ1) is 12.3. The lowest BCUT2D eigenvalue weighted by Gasteiger charge is -2.40. The van der Waals surface area contributed by atoms with Gasteiger partial charge in [0.05, 0.1) is 0 Å². The fourth-order valence-electron chi connectivity index (χ4n) is 3.41. The molecular weight excluding hydrogens is 314 g/mol. The number of anilines is 1. The summed E-state index contributed by atoms with van der Waals surface area (Å²) in [5.74, 6) is 1.65. The highest BCUT2D eigenvalue weighted by molar-refractivity contribution is 5.79. The zero-order chi connectivity index (χ0) is 16.6. The van der Waals surface area contributed by atoms with Crippen molar-refractivity contribution >= 4 is 22.4 Å². The van der Waals surface area contributed by atoms with Crippen LogP contribution >= 0.6 is 0 Å². The van der Waals surface area contributed by atoms with Crippen LogP contribution in [0.1, 0.15) is 5.56 Å². The number of hydrogen-bond donors (Lipinski definition) is 2. The van der Waals surface area contributed by atoms with E-state index in [0.29, 0.717) is 5.92 Å². The van der Waals surface area contributed by atoms with Gasteiger partial charge in [-0.2, -0.15) is 4.52 Å². The van der Waals surface area contributed by atoms with Gasteiger partial charge in [0.25, 0.3) is 0 Å². The topological polar surface area (TPSA) is 74.1 Å². The summed E-state index contributed by atoms with van der Waals surface area (Å²) in [6, 6.07) is 12.6. The van der Waals surface area contributed by atoms with Gasteiger partial charge in [0.2, 0.25) is 0 Å². The molecule has 1 aliphatic rings. The van der Waals surface area contributed by atoms with Crippen molar-refractivity contribution in [2.24, 2.45) is 5.92 Å². The molecule has 1 fully saturated rings. The van der Waals surface area contributed by atoms with Gasteiger partial charge in [-0.1, -0.05) is 6.07 Å². The number of aromatic amines is 1. The standard InChI is InChI=1S/C18H19N7/c1-2-16-15(5-6-20-16)7-13(1)8-19-9-14-10-24(11-14)18-4-3-17-22-21-12-25(17)23-18/h1-7,12,14,19-20H,8-11H2. The van der Waals surface area contributed by atoms with Crippen LogP contribution in [-0.4, -0.2) is 44.4 Å². The second-order valence-corrected chi connectivity index (χ2v) is 6.63. The molecule has 126 valence electrons. The number of aromatic nitrogens is 5. The first kappa shape index (κ1) is 14.4. The molecule has 3 aromatic heterocycles. The number of benzene rings is 1. The molecule has 5 rings (SSSR count). The first-order valence-corrected chi connectivity index (χ1v) is 8.54. The number of nitrogens with zero attached hydrogens (tertiary/aromatic N) is 5. The minimum absolute atomic E-state index is 0.661. The van der Waals surface area contributed by atoms with Crippen molar-refractivity contribution < 1.29 is 0 Å². The van der Waals surface area contributed by atoms with Gasteiger partial charge in [0.15, 0.2) is 5.65 Å². The molecule has 1 saturated heterocycles. The van der Waals surface area contributed by atoms with Crippen LogP contribution in [0.5, 0.6) is 0 Å². The third kappa shape index (κ3) is 2.72. The second-order valence-electron chi connectivity index (χ2n) is 6.63. The van der Waals surface area contributed by atoms with E-state index in [1.54, 1.807) is 10.8 Å². The molecule has 0 aliphatic carbocycles. The summed E-state index contributed by atoms with van der Waals surface area (Å²) in [6.45, 7) is 3.99. The van der Waals surface area contributed by atoms with Crippen LogP contribution in [-0.2, 0) is 6.54 Å². The van der Waals surface area contributed by atoms with Crippen molar-refractivity contribution in [2.75, 3.05) is 24.5 Å². The highest BCUT2D eigenvalue weighted by Crippen LogP contribution is 2.22. The normalized spacial score (nSPS) is 15.1. The fraction of sp³-hybridized carbons (Fsp3) is 0.278. The molecule has 1 aromatic carbocycles. The van der Waals surface area contributed by atoms with E-state index in [2.05, 4.69) is 54.8 Å². The van der Waals surface area contributed by atoms with Crippen molar-refractivity contribution in [1.29, 1.82) is 0 Å². The quantitative estimate of drug-likeness (QED) is 0.583. The summed E-state index contributed by atoms with van der Waals surface area (Å²) in [4.78, 5) is 5.52. The Bertz CT molecular complexity index is 1010. The van der Waals surface area contributed by atoms with Crippen molar-refractivity contribution in [1.82, 2.24) is 30.1 Å². The van der Waals surface area contributed by atoms with E-state index in [9.17, 15) is 0 Å². The van der Waals surface area contributed by atoms with Gasteiger partial charge in [-0.3, -0.25) is 0 Å². The Morgan fingerprint density at radius 1 is 1.16 bits per heavy atom. The SMILES string of the molecule is c1cc2cc(CNCC3CN(c4ccc5nncn5n4)C3)ccc2[nH]1. The summed E-state index contributed by atoms with van der Waals surface area (Å²) in [5.41, 5.74) is 3.29. The van der Waals surface area contributed by atoms with Gasteiger partial charge in [0.1, 0.15) is 12.1 Å². The van der Waals surface area contributed by atoms with E-state index in [1.165, 1.54) is 16.5 Å². The van der Waals surface area contributed by atoms with Gasteiger partial charge < -0.3 is 15.2 Å². The summed E-state index contributed by atoms with van der Waals surface area (Å²) < 4.78 is 1.72. The Morgan fingerprint density at radius 2 is 2.12 bits per heavy atom. The Labute approximate surface area is 144 Å². The first-order valence-electron chi connectivity index (χ1n) is 8.54. The predicted octanol–water partition coefficient (Wildman–Crippen LogP) is 1.83. The molecule has 0 unspecified atom stereocenters. The Hall–Kier alpha value is -2.93. The molecule has 0 amide bonds. The summed E-state index contributed by atoms with van der Waals surface area (Å²) in [6.07, 6.45) is 3.62. The molecule has 0 radical (unpaired) electrons. The minimum atomic E-state index is 0.661. The maximum Gasteiger partial charge on any atom is 0.177 e. The number of hydrogen-bond acceptors (Lipinski definition) is 5. The van der Waals surface area contributed by atoms with Crippen molar-refractivity contribution in [2.45, 2.75) is 6.54 Å². The van der Waals surface area contributed by atoms with E-state index in [-0.39, 0.29) is 0 Å².